The molecule has 0 radical (unpaired) electrons. The first kappa shape index (κ1) is 18.1. The number of para-hydroxylation sites is 1. The van der Waals surface area contributed by atoms with E-state index < -0.39 is 0 Å². The molecular formula is C20H16N2O5S. The topological polar surface area (TPSA) is 87.6 Å². The van der Waals surface area contributed by atoms with Crippen molar-refractivity contribution < 1.29 is 23.1 Å². The van der Waals surface area contributed by atoms with Gasteiger partial charge >= 0.3 is 0 Å². The van der Waals surface area contributed by atoms with Crippen molar-refractivity contribution in [3.05, 3.63) is 54.3 Å². The van der Waals surface area contributed by atoms with Crippen molar-refractivity contribution in [3.63, 3.8) is 0 Å². The Labute approximate surface area is 164 Å². The summed E-state index contributed by atoms with van der Waals surface area (Å²) in [5.41, 5.74) is 1.38. The molecule has 4 rings (SSSR count). The first-order chi connectivity index (χ1) is 13.7. The number of methoxy groups -OCH3 is 2. The average molecular weight is 396 g/mol. The number of aromatic nitrogens is 2. The van der Waals surface area contributed by atoms with Crippen molar-refractivity contribution in [3.8, 4) is 23.0 Å². The number of nitrogens with zero attached hydrogens (tertiary/aromatic N) is 2. The van der Waals surface area contributed by atoms with Gasteiger partial charge in [-0.1, -0.05) is 30.0 Å². The molecule has 0 aliphatic heterocycles. The van der Waals surface area contributed by atoms with Crippen LogP contribution in [0, 0.1) is 0 Å². The van der Waals surface area contributed by atoms with Crippen LogP contribution in [0.15, 0.2) is 62.6 Å². The van der Waals surface area contributed by atoms with Crippen molar-refractivity contribution in [1.82, 2.24) is 10.2 Å². The third kappa shape index (κ3) is 3.59. The molecule has 0 fully saturated rings. The molecule has 0 atom stereocenters. The van der Waals surface area contributed by atoms with E-state index in [0.29, 0.717) is 39.5 Å². The molecule has 0 amide bonds. The lowest BCUT2D eigenvalue weighted by atomic mass is 10.2. The number of hydrogen-bond donors (Lipinski definition) is 0. The SMILES string of the molecule is COc1ccc(-c2nnc(SCC(=O)c3cc4ccccc4o3)o2)cc1OC. The van der Waals surface area contributed by atoms with E-state index >= 15 is 0 Å². The molecule has 7 nitrogen and oxygen atoms in total. The standard InChI is InChI=1S/C20H16N2O5S/c1-24-16-8-7-13(10-18(16)25-2)19-21-22-20(27-19)28-11-14(23)17-9-12-5-3-4-6-15(12)26-17/h3-10H,11H2,1-2H3. The number of thioether (sulfide) groups is 1. The van der Waals surface area contributed by atoms with Crippen LogP contribution in [-0.4, -0.2) is 36.0 Å². The highest BCUT2D eigenvalue weighted by atomic mass is 32.2. The van der Waals surface area contributed by atoms with Gasteiger partial charge in [0.1, 0.15) is 5.58 Å². The summed E-state index contributed by atoms with van der Waals surface area (Å²) in [6.45, 7) is 0. The number of furan rings is 1. The Kier molecular flexibility index (Phi) is 5.03. The fourth-order valence-corrected chi connectivity index (χ4v) is 3.30. The maximum Gasteiger partial charge on any atom is 0.277 e. The largest absolute Gasteiger partial charge is 0.493 e. The van der Waals surface area contributed by atoms with Crippen molar-refractivity contribution in [2.75, 3.05) is 20.0 Å². The average Bonchev–Trinajstić information content (AvgIpc) is 3.38. The number of hydrogen-bond acceptors (Lipinski definition) is 8. The summed E-state index contributed by atoms with van der Waals surface area (Å²) in [6, 6.07) is 14.5. The lowest BCUT2D eigenvalue weighted by Crippen LogP contribution is -2.00. The monoisotopic (exact) mass is 396 g/mol. The zero-order chi connectivity index (χ0) is 19.5. The minimum absolute atomic E-state index is 0.132. The molecule has 0 saturated carbocycles. The van der Waals surface area contributed by atoms with E-state index in [1.54, 1.807) is 38.5 Å². The predicted octanol–water partition coefficient (Wildman–Crippen LogP) is 4.48. The normalized spacial score (nSPS) is 10.9. The number of ketones is 1. The summed E-state index contributed by atoms with van der Waals surface area (Å²) in [6.07, 6.45) is 0. The molecule has 4 aromatic rings. The van der Waals surface area contributed by atoms with E-state index in [9.17, 15) is 4.79 Å². The highest BCUT2D eigenvalue weighted by molar-refractivity contribution is 7.99. The predicted molar refractivity (Wildman–Crippen MR) is 104 cm³/mol. The van der Waals surface area contributed by atoms with Gasteiger partial charge in [0.05, 0.1) is 20.0 Å². The second-order valence-electron chi connectivity index (χ2n) is 5.80. The Hall–Kier alpha value is -3.26. The van der Waals surface area contributed by atoms with Gasteiger partial charge in [-0.05, 0) is 30.3 Å². The minimum atomic E-state index is -0.146. The van der Waals surface area contributed by atoms with E-state index in [2.05, 4.69) is 10.2 Å². The van der Waals surface area contributed by atoms with Crippen LogP contribution >= 0.6 is 11.8 Å². The van der Waals surface area contributed by atoms with Crippen LogP contribution in [0.5, 0.6) is 11.5 Å². The molecule has 0 aliphatic rings. The number of carbonyl (C=O) groups is 1. The molecule has 0 bridgehead atoms. The Morgan fingerprint density at radius 3 is 2.61 bits per heavy atom. The molecule has 8 heteroatoms. The third-order valence-electron chi connectivity index (χ3n) is 4.06. The third-order valence-corrected chi connectivity index (χ3v) is 4.88. The van der Waals surface area contributed by atoms with E-state index in [1.807, 2.05) is 24.3 Å². The molecule has 28 heavy (non-hydrogen) atoms. The van der Waals surface area contributed by atoms with Gasteiger partial charge in [-0.15, -0.1) is 10.2 Å². The number of Topliss-reactive ketones (excluding diaryl/α,β-unsaturated/α-hetero) is 1. The van der Waals surface area contributed by atoms with Gasteiger partial charge in [-0.2, -0.15) is 0 Å². The molecule has 2 heterocycles. The van der Waals surface area contributed by atoms with Gasteiger partial charge in [0.25, 0.3) is 5.22 Å². The number of benzene rings is 2. The first-order valence-electron chi connectivity index (χ1n) is 8.38. The summed E-state index contributed by atoms with van der Waals surface area (Å²) >= 11 is 1.16. The Bertz CT molecular complexity index is 1100. The highest BCUT2D eigenvalue weighted by Gasteiger charge is 2.16. The van der Waals surface area contributed by atoms with E-state index in [0.717, 1.165) is 17.1 Å². The van der Waals surface area contributed by atoms with Crippen molar-refractivity contribution in [2.45, 2.75) is 5.22 Å². The van der Waals surface area contributed by atoms with Gasteiger partial charge in [0.15, 0.2) is 17.3 Å². The Morgan fingerprint density at radius 1 is 1.00 bits per heavy atom. The van der Waals surface area contributed by atoms with Gasteiger partial charge in [0.2, 0.25) is 11.7 Å². The van der Waals surface area contributed by atoms with E-state index in [4.69, 9.17) is 18.3 Å². The van der Waals surface area contributed by atoms with Crippen molar-refractivity contribution in [2.24, 2.45) is 0 Å². The molecule has 2 aromatic heterocycles. The Balaban J connectivity index is 1.45. The van der Waals surface area contributed by atoms with Crippen LogP contribution in [0.1, 0.15) is 10.6 Å². The van der Waals surface area contributed by atoms with Crippen LogP contribution in [0.4, 0.5) is 0 Å². The first-order valence-corrected chi connectivity index (χ1v) is 9.37. The summed E-state index contributed by atoms with van der Waals surface area (Å²) < 4.78 is 21.7. The zero-order valence-corrected chi connectivity index (χ0v) is 16.0. The van der Waals surface area contributed by atoms with Crippen molar-refractivity contribution >= 4 is 28.5 Å². The van der Waals surface area contributed by atoms with Crippen LogP contribution in [0.2, 0.25) is 0 Å². The summed E-state index contributed by atoms with van der Waals surface area (Å²) in [7, 11) is 3.12. The quantitative estimate of drug-likeness (QED) is 0.334. The van der Waals surface area contributed by atoms with Gasteiger partial charge in [-0.3, -0.25) is 4.79 Å². The summed E-state index contributed by atoms with van der Waals surface area (Å²) in [5.74, 6) is 1.80. The van der Waals surface area contributed by atoms with Gasteiger partial charge < -0.3 is 18.3 Å². The number of ether oxygens (including phenoxy) is 2. The van der Waals surface area contributed by atoms with Crippen LogP contribution in [-0.2, 0) is 0 Å². The van der Waals surface area contributed by atoms with E-state index in [1.165, 1.54) is 0 Å². The minimum Gasteiger partial charge on any atom is -0.493 e. The second-order valence-corrected chi connectivity index (χ2v) is 6.73. The van der Waals surface area contributed by atoms with Crippen LogP contribution in [0.3, 0.4) is 0 Å². The molecule has 0 unspecified atom stereocenters. The summed E-state index contributed by atoms with van der Waals surface area (Å²) in [5, 5.41) is 9.22. The fourth-order valence-electron chi connectivity index (χ4n) is 2.67. The molecule has 0 N–H and O–H groups in total. The van der Waals surface area contributed by atoms with Gasteiger partial charge in [-0.25, -0.2) is 0 Å². The van der Waals surface area contributed by atoms with Crippen LogP contribution < -0.4 is 9.47 Å². The van der Waals surface area contributed by atoms with Gasteiger partial charge in [0, 0.05) is 10.9 Å². The van der Waals surface area contributed by atoms with Crippen LogP contribution in [0.25, 0.3) is 22.4 Å². The van der Waals surface area contributed by atoms with Crippen molar-refractivity contribution in [1.29, 1.82) is 0 Å². The summed E-state index contributed by atoms with van der Waals surface area (Å²) in [4.78, 5) is 12.4. The second kappa shape index (κ2) is 7.77. The maximum absolute atomic E-state index is 12.4. The fraction of sp³-hybridized carbons (Fsp3) is 0.150. The number of carbonyl (C=O) groups excluding carboxylic acids is 1. The lowest BCUT2D eigenvalue weighted by Gasteiger charge is -2.07. The molecular weight excluding hydrogens is 380 g/mol. The zero-order valence-electron chi connectivity index (χ0n) is 15.2. The smallest absolute Gasteiger partial charge is 0.277 e. The Morgan fingerprint density at radius 2 is 1.82 bits per heavy atom. The van der Waals surface area contributed by atoms with E-state index in [-0.39, 0.29) is 11.5 Å². The molecule has 2 aromatic carbocycles. The number of fused-ring (bicyclic) bond motifs is 1. The molecule has 142 valence electrons. The molecule has 0 spiro atoms. The highest BCUT2D eigenvalue weighted by Crippen LogP contribution is 2.32. The lowest BCUT2D eigenvalue weighted by molar-refractivity contribution is 0.0994. The number of rotatable bonds is 7. The maximum atomic E-state index is 12.4. The molecule has 0 saturated heterocycles. The molecule has 0 aliphatic carbocycles.